The van der Waals surface area contributed by atoms with Crippen LogP contribution in [-0.4, -0.2) is 17.4 Å². The van der Waals surface area contributed by atoms with Crippen LogP contribution in [-0.2, 0) is 11.2 Å². The van der Waals surface area contributed by atoms with Gasteiger partial charge in [-0.1, -0.05) is 6.07 Å². The second-order valence-corrected chi connectivity index (χ2v) is 5.21. The molecule has 2 aromatic rings. The van der Waals surface area contributed by atoms with Gasteiger partial charge in [0.25, 0.3) is 5.69 Å². The van der Waals surface area contributed by atoms with Crippen molar-refractivity contribution >= 4 is 28.6 Å². The van der Waals surface area contributed by atoms with Gasteiger partial charge in [0.15, 0.2) is 0 Å². The Labute approximate surface area is 125 Å². The fraction of sp³-hybridized carbons (Fsp3) is 0.214. The summed E-state index contributed by atoms with van der Waals surface area (Å²) in [5.74, 6) is 0.116. The van der Waals surface area contributed by atoms with Gasteiger partial charge in [-0.2, -0.15) is 0 Å². The number of carbonyl (C=O) groups is 1. The van der Waals surface area contributed by atoms with E-state index in [-0.39, 0.29) is 23.7 Å². The Hall–Kier alpha value is -2.41. The van der Waals surface area contributed by atoms with Crippen LogP contribution in [0.3, 0.4) is 0 Å². The van der Waals surface area contributed by atoms with Crippen molar-refractivity contribution in [3.05, 3.63) is 50.7 Å². The van der Waals surface area contributed by atoms with E-state index in [1.807, 2.05) is 17.5 Å². The summed E-state index contributed by atoms with van der Waals surface area (Å²) in [4.78, 5) is 23.3. The number of amides is 1. The molecule has 2 rings (SSSR count). The van der Waals surface area contributed by atoms with E-state index in [0.717, 1.165) is 4.88 Å². The average molecular weight is 306 g/mol. The van der Waals surface area contributed by atoms with Crippen LogP contribution in [0, 0.1) is 10.1 Å². The van der Waals surface area contributed by atoms with Crippen molar-refractivity contribution < 1.29 is 14.5 Å². The zero-order chi connectivity index (χ0) is 15.2. The highest BCUT2D eigenvalue weighted by atomic mass is 32.1. The van der Waals surface area contributed by atoms with E-state index >= 15 is 0 Å². The van der Waals surface area contributed by atoms with E-state index in [4.69, 9.17) is 4.74 Å². The number of nitrogens with one attached hydrogen (secondary N) is 1. The lowest BCUT2D eigenvalue weighted by molar-refractivity contribution is -0.384. The van der Waals surface area contributed by atoms with E-state index < -0.39 is 4.92 Å². The molecule has 1 heterocycles. The summed E-state index contributed by atoms with van der Waals surface area (Å²) in [6.07, 6.45) is 0.196. The van der Waals surface area contributed by atoms with Gasteiger partial charge in [-0.15, -0.1) is 11.3 Å². The first-order valence-corrected chi connectivity index (χ1v) is 7.21. The molecule has 1 aromatic heterocycles. The third-order valence-electron chi connectivity index (χ3n) is 2.67. The third kappa shape index (κ3) is 4.03. The number of benzene rings is 1. The van der Waals surface area contributed by atoms with E-state index in [1.54, 1.807) is 13.0 Å². The first-order valence-electron chi connectivity index (χ1n) is 6.33. The van der Waals surface area contributed by atoms with Crippen molar-refractivity contribution in [2.75, 3.05) is 11.9 Å². The molecule has 0 bridgehead atoms. The number of anilines is 1. The van der Waals surface area contributed by atoms with Crippen LogP contribution in [0.5, 0.6) is 5.75 Å². The standard InChI is InChI=1S/C14H14N2O4S/c1-2-20-10-5-6-12(13(8-10)16(18)19)15-14(17)9-11-4-3-7-21-11/h3-8H,2,9H2,1H3,(H,15,17). The lowest BCUT2D eigenvalue weighted by Crippen LogP contribution is -2.14. The number of hydrogen-bond acceptors (Lipinski definition) is 5. The molecular weight excluding hydrogens is 292 g/mol. The Morgan fingerprint density at radius 3 is 2.86 bits per heavy atom. The number of nitro groups is 1. The van der Waals surface area contributed by atoms with Crippen LogP contribution >= 0.6 is 11.3 Å². The largest absolute Gasteiger partial charge is 0.494 e. The van der Waals surface area contributed by atoms with Crippen LogP contribution in [0.15, 0.2) is 35.7 Å². The van der Waals surface area contributed by atoms with Gasteiger partial charge >= 0.3 is 0 Å². The molecule has 0 fully saturated rings. The Kier molecular flexibility index (Phi) is 4.89. The molecule has 0 unspecified atom stereocenters. The van der Waals surface area contributed by atoms with Crippen LogP contribution in [0.4, 0.5) is 11.4 Å². The minimum atomic E-state index is -0.538. The number of nitro benzene ring substituents is 1. The molecule has 0 aliphatic rings. The molecule has 1 aromatic carbocycles. The quantitative estimate of drug-likeness (QED) is 0.656. The minimum Gasteiger partial charge on any atom is -0.494 e. The molecule has 7 heteroatoms. The molecule has 0 saturated heterocycles. The zero-order valence-corrected chi connectivity index (χ0v) is 12.2. The average Bonchev–Trinajstić information content (AvgIpc) is 2.93. The van der Waals surface area contributed by atoms with Crippen LogP contribution in [0.1, 0.15) is 11.8 Å². The summed E-state index contributed by atoms with van der Waals surface area (Å²) in [5, 5.41) is 15.5. The Balaban J connectivity index is 2.14. The summed E-state index contributed by atoms with van der Waals surface area (Å²) in [7, 11) is 0. The summed E-state index contributed by atoms with van der Waals surface area (Å²) < 4.78 is 5.23. The van der Waals surface area contributed by atoms with Crippen molar-refractivity contribution in [1.29, 1.82) is 0 Å². The van der Waals surface area contributed by atoms with Gasteiger partial charge in [0.2, 0.25) is 5.91 Å². The summed E-state index contributed by atoms with van der Waals surface area (Å²) in [6, 6.07) is 8.08. The van der Waals surface area contributed by atoms with Gasteiger partial charge < -0.3 is 10.1 Å². The van der Waals surface area contributed by atoms with Crippen molar-refractivity contribution in [3.63, 3.8) is 0 Å². The molecule has 21 heavy (non-hydrogen) atoms. The van der Waals surface area contributed by atoms with Gasteiger partial charge in [0.1, 0.15) is 11.4 Å². The predicted molar refractivity (Wildman–Crippen MR) is 80.9 cm³/mol. The highest BCUT2D eigenvalue weighted by molar-refractivity contribution is 7.10. The molecule has 0 aliphatic heterocycles. The van der Waals surface area contributed by atoms with Crippen LogP contribution in [0.2, 0.25) is 0 Å². The monoisotopic (exact) mass is 306 g/mol. The smallest absolute Gasteiger partial charge is 0.296 e. The van der Waals surface area contributed by atoms with E-state index in [2.05, 4.69) is 5.32 Å². The maximum absolute atomic E-state index is 11.9. The van der Waals surface area contributed by atoms with Gasteiger partial charge in [-0.3, -0.25) is 14.9 Å². The second-order valence-electron chi connectivity index (χ2n) is 4.17. The molecule has 110 valence electrons. The Morgan fingerprint density at radius 2 is 2.24 bits per heavy atom. The van der Waals surface area contributed by atoms with E-state index in [9.17, 15) is 14.9 Å². The van der Waals surface area contributed by atoms with Crippen molar-refractivity contribution in [1.82, 2.24) is 0 Å². The number of hydrogen-bond donors (Lipinski definition) is 1. The Bertz CT molecular complexity index is 640. The molecule has 0 atom stereocenters. The lowest BCUT2D eigenvalue weighted by Gasteiger charge is -2.08. The summed E-state index contributed by atoms with van der Waals surface area (Å²) in [6.45, 7) is 2.21. The highest BCUT2D eigenvalue weighted by Gasteiger charge is 2.17. The van der Waals surface area contributed by atoms with Gasteiger partial charge in [0, 0.05) is 4.88 Å². The van der Waals surface area contributed by atoms with Crippen LogP contribution in [0.25, 0.3) is 0 Å². The van der Waals surface area contributed by atoms with Crippen molar-refractivity contribution in [3.8, 4) is 5.75 Å². The normalized spacial score (nSPS) is 10.1. The summed E-state index contributed by atoms with van der Waals surface area (Å²) >= 11 is 1.47. The molecule has 1 N–H and O–H groups in total. The number of thiophene rings is 1. The van der Waals surface area contributed by atoms with E-state index in [0.29, 0.717) is 12.4 Å². The Morgan fingerprint density at radius 1 is 1.43 bits per heavy atom. The number of carbonyl (C=O) groups excluding carboxylic acids is 1. The predicted octanol–water partition coefficient (Wildman–Crippen LogP) is 3.24. The summed E-state index contributed by atoms with van der Waals surface area (Å²) in [5.41, 5.74) is -0.00881. The zero-order valence-electron chi connectivity index (χ0n) is 11.4. The van der Waals surface area contributed by atoms with E-state index in [1.165, 1.54) is 23.5 Å². The van der Waals surface area contributed by atoms with Gasteiger partial charge in [-0.25, -0.2) is 0 Å². The fourth-order valence-electron chi connectivity index (χ4n) is 1.79. The molecule has 6 nitrogen and oxygen atoms in total. The maximum Gasteiger partial charge on any atom is 0.296 e. The fourth-order valence-corrected chi connectivity index (χ4v) is 2.49. The van der Waals surface area contributed by atoms with Crippen molar-refractivity contribution in [2.45, 2.75) is 13.3 Å². The van der Waals surface area contributed by atoms with Gasteiger partial charge in [-0.05, 0) is 30.5 Å². The maximum atomic E-state index is 11.9. The SMILES string of the molecule is CCOc1ccc(NC(=O)Cc2cccs2)c([N+](=O)[O-])c1. The molecule has 0 aliphatic carbocycles. The third-order valence-corrected chi connectivity index (χ3v) is 3.54. The topological polar surface area (TPSA) is 81.5 Å². The molecule has 0 saturated carbocycles. The molecule has 0 radical (unpaired) electrons. The first-order chi connectivity index (χ1) is 10.1. The minimum absolute atomic E-state index is 0.171. The molecule has 0 spiro atoms. The number of nitrogens with zero attached hydrogens (tertiary/aromatic N) is 1. The second kappa shape index (κ2) is 6.85. The number of ether oxygens (including phenoxy) is 1. The highest BCUT2D eigenvalue weighted by Crippen LogP contribution is 2.29. The van der Waals surface area contributed by atoms with Crippen LogP contribution < -0.4 is 10.1 Å². The molecular formula is C14H14N2O4S. The van der Waals surface area contributed by atoms with Crippen molar-refractivity contribution in [2.24, 2.45) is 0 Å². The van der Waals surface area contributed by atoms with Gasteiger partial charge in [0.05, 0.1) is 24.0 Å². The first kappa shape index (κ1) is 15.0. The lowest BCUT2D eigenvalue weighted by atomic mass is 10.2. The molecule has 1 amide bonds. The number of rotatable bonds is 6.